The Morgan fingerprint density at radius 3 is 2.49 bits per heavy atom. The van der Waals surface area contributed by atoms with Crippen molar-refractivity contribution in [1.82, 2.24) is 14.8 Å². The quantitative estimate of drug-likeness (QED) is 0.454. The first kappa shape index (κ1) is 27.0. The van der Waals surface area contributed by atoms with E-state index < -0.39 is 10.0 Å². The van der Waals surface area contributed by atoms with Crippen LogP contribution in [0.4, 0.5) is 11.4 Å². The molecule has 0 bridgehead atoms. The highest BCUT2D eigenvalue weighted by Gasteiger charge is 2.30. The van der Waals surface area contributed by atoms with Crippen LogP contribution in [0.3, 0.4) is 0 Å². The van der Waals surface area contributed by atoms with Gasteiger partial charge >= 0.3 is 0 Å². The lowest BCUT2D eigenvalue weighted by molar-refractivity contribution is -0.110. The zero-order valence-corrected chi connectivity index (χ0v) is 23.8. The van der Waals surface area contributed by atoms with Crippen LogP contribution in [0.5, 0.6) is 0 Å². The summed E-state index contributed by atoms with van der Waals surface area (Å²) >= 11 is 6.07. The van der Waals surface area contributed by atoms with E-state index >= 15 is 0 Å². The highest BCUT2D eigenvalue weighted by molar-refractivity contribution is 7.92. The minimum Gasteiger partial charge on any atom is -0.358 e. The van der Waals surface area contributed by atoms with E-state index in [1.807, 2.05) is 25.8 Å². The van der Waals surface area contributed by atoms with Gasteiger partial charge in [-0.25, -0.2) is 8.42 Å². The van der Waals surface area contributed by atoms with Gasteiger partial charge in [0.15, 0.2) is 0 Å². The third kappa shape index (κ3) is 4.95. The molecule has 0 spiro atoms. The normalized spacial score (nSPS) is 16.9. The monoisotopic (exact) mass is 566 g/mol. The smallest absolute Gasteiger partial charge is 0.264 e. The van der Waals surface area contributed by atoms with Crippen LogP contribution in [-0.4, -0.2) is 75.3 Å². The van der Waals surface area contributed by atoms with Crippen LogP contribution in [0.25, 0.3) is 11.6 Å². The number of benzene rings is 2. The summed E-state index contributed by atoms with van der Waals surface area (Å²) in [7, 11) is -0.442. The lowest BCUT2D eigenvalue weighted by atomic mass is 10.0. The number of aromatic amines is 1. The molecule has 5 rings (SSSR count). The number of hydrogen-bond donors (Lipinski definition) is 2. The second-order valence-electron chi connectivity index (χ2n) is 9.93. The van der Waals surface area contributed by atoms with E-state index in [1.54, 1.807) is 36.4 Å². The summed E-state index contributed by atoms with van der Waals surface area (Å²) in [6, 6.07) is 11.1. The number of hydrogen-bond acceptors (Lipinski definition) is 5. The second-order valence-corrected chi connectivity index (χ2v) is 12.3. The number of fused-ring (bicyclic) bond motifs is 1. The maximum atomic E-state index is 13.4. The summed E-state index contributed by atoms with van der Waals surface area (Å²) in [5.41, 5.74) is 4.43. The molecule has 0 saturated carbocycles. The molecule has 2 amide bonds. The number of rotatable bonds is 5. The largest absolute Gasteiger partial charge is 0.358 e. The van der Waals surface area contributed by atoms with Crippen molar-refractivity contribution in [2.45, 2.75) is 18.7 Å². The van der Waals surface area contributed by atoms with Crippen LogP contribution in [0.1, 0.15) is 32.9 Å². The van der Waals surface area contributed by atoms with Crippen LogP contribution in [-0.2, 0) is 14.8 Å². The van der Waals surface area contributed by atoms with Gasteiger partial charge < -0.3 is 20.1 Å². The Balaban J connectivity index is 1.49. The third-order valence-electron chi connectivity index (χ3n) is 7.37. The molecule has 2 N–H and O–H groups in total. The number of amides is 2. The number of carbonyl (C=O) groups is 2. The second kappa shape index (κ2) is 10.2. The predicted octanol–water partition coefficient (Wildman–Crippen LogP) is 3.99. The van der Waals surface area contributed by atoms with Crippen molar-refractivity contribution in [3.63, 3.8) is 0 Å². The molecule has 1 aromatic heterocycles. The average molecular weight is 567 g/mol. The summed E-state index contributed by atoms with van der Waals surface area (Å²) in [5.74, 6) is -0.381. The highest BCUT2D eigenvalue weighted by Crippen LogP contribution is 2.37. The van der Waals surface area contributed by atoms with Crippen molar-refractivity contribution < 1.29 is 18.0 Å². The van der Waals surface area contributed by atoms with Gasteiger partial charge in [0.1, 0.15) is 0 Å². The molecular weight excluding hydrogens is 537 g/mol. The summed E-state index contributed by atoms with van der Waals surface area (Å²) in [5, 5.41) is 3.23. The van der Waals surface area contributed by atoms with Gasteiger partial charge in [-0.2, -0.15) is 0 Å². The summed E-state index contributed by atoms with van der Waals surface area (Å²) in [6.45, 7) is 6.66. The summed E-state index contributed by atoms with van der Waals surface area (Å²) in [6.07, 6.45) is 1.68. The van der Waals surface area contributed by atoms with Crippen LogP contribution in [0.2, 0.25) is 5.02 Å². The Morgan fingerprint density at radius 1 is 1.08 bits per heavy atom. The average Bonchev–Trinajstić information content (AvgIpc) is 3.37. The van der Waals surface area contributed by atoms with Crippen molar-refractivity contribution in [3.05, 3.63) is 75.6 Å². The van der Waals surface area contributed by atoms with Gasteiger partial charge in [-0.1, -0.05) is 17.7 Å². The molecule has 2 aliphatic heterocycles. The Kier molecular flexibility index (Phi) is 7.04. The first-order valence-electron chi connectivity index (χ1n) is 12.6. The van der Waals surface area contributed by atoms with Crippen molar-refractivity contribution >= 4 is 56.5 Å². The fourth-order valence-corrected chi connectivity index (χ4v) is 6.39. The van der Waals surface area contributed by atoms with Crippen molar-refractivity contribution in [2.24, 2.45) is 0 Å². The first-order chi connectivity index (χ1) is 18.5. The van der Waals surface area contributed by atoms with Crippen LogP contribution < -0.4 is 9.62 Å². The number of aryl methyl sites for hydroxylation is 1. The summed E-state index contributed by atoms with van der Waals surface area (Å²) < 4.78 is 28.0. The zero-order chi connectivity index (χ0) is 28.1. The number of anilines is 2. The highest BCUT2D eigenvalue weighted by atomic mass is 35.5. The third-order valence-corrected chi connectivity index (χ3v) is 9.39. The van der Waals surface area contributed by atoms with Gasteiger partial charge in [0.05, 0.1) is 21.7 Å². The van der Waals surface area contributed by atoms with Crippen LogP contribution in [0.15, 0.2) is 47.4 Å². The van der Waals surface area contributed by atoms with E-state index in [-0.39, 0.29) is 16.7 Å². The molecule has 1 saturated heterocycles. The molecule has 2 aromatic carbocycles. The molecule has 3 aromatic rings. The number of carbonyl (C=O) groups excluding carboxylic acids is 2. The number of nitrogens with zero attached hydrogens (tertiary/aromatic N) is 3. The van der Waals surface area contributed by atoms with Crippen molar-refractivity contribution in [1.29, 1.82) is 0 Å². The number of aromatic nitrogens is 1. The molecular formula is C28H30ClN5O4S. The molecule has 0 aliphatic carbocycles. The molecule has 3 heterocycles. The molecule has 1 fully saturated rings. The molecule has 11 heteroatoms. The Hall–Kier alpha value is -3.60. The topological polar surface area (TPSA) is 106 Å². The van der Waals surface area contributed by atoms with Gasteiger partial charge in [0, 0.05) is 60.9 Å². The standard InChI is InChI=1S/C28H30ClN5O4S/c1-17-25(30-18(2)26(17)28(36)34-12-10-32(3)11-13-34)16-23-22-15-21(8-9-24(22)31-27(23)35)39(37,38)33(4)20-7-5-6-19(29)14-20/h5-9,14-16,30H,10-13H2,1-4H3,(H,31,35)/b23-16-/i3-1. The fourth-order valence-electron chi connectivity index (χ4n) is 4.99. The lowest BCUT2D eigenvalue weighted by Gasteiger charge is -2.32. The molecule has 9 nitrogen and oxygen atoms in total. The minimum atomic E-state index is -3.94. The molecule has 0 atom stereocenters. The SMILES string of the molecule is Cc1[nH]c(/C=C2\C(=O)Nc3ccc(S(=O)(=O)N(C)c4cccc(Cl)c4)cc32)c(C)c1C(=O)N1CCN([11CH3])CC1. The Bertz CT molecular complexity index is 1620. The first-order valence-corrected chi connectivity index (χ1v) is 14.4. The maximum Gasteiger partial charge on any atom is 0.264 e. The Morgan fingerprint density at radius 2 is 1.79 bits per heavy atom. The molecule has 39 heavy (non-hydrogen) atoms. The number of sulfonamides is 1. The number of halogens is 1. The van der Waals surface area contributed by atoms with E-state index in [4.69, 9.17) is 11.6 Å². The molecule has 0 radical (unpaired) electrons. The molecule has 0 unspecified atom stereocenters. The van der Waals surface area contributed by atoms with Gasteiger partial charge in [-0.05, 0) is 68.9 Å². The van der Waals surface area contributed by atoms with Gasteiger partial charge in [-0.3, -0.25) is 13.9 Å². The van der Waals surface area contributed by atoms with E-state index in [1.165, 1.54) is 19.2 Å². The summed E-state index contributed by atoms with van der Waals surface area (Å²) in [4.78, 5) is 33.6. The van der Waals surface area contributed by atoms with Gasteiger partial charge in [0.2, 0.25) is 0 Å². The molecule has 204 valence electrons. The van der Waals surface area contributed by atoms with Crippen molar-refractivity contribution in [2.75, 3.05) is 49.9 Å². The van der Waals surface area contributed by atoms with Crippen LogP contribution in [0, 0.1) is 13.8 Å². The minimum absolute atomic E-state index is 0.0345. The van der Waals surface area contributed by atoms with Crippen LogP contribution >= 0.6 is 11.6 Å². The lowest BCUT2D eigenvalue weighted by Crippen LogP contribution is -2.47. The van der Waals surface area contributed by atoms with Gasteiger partial charge in [-0.15, -0.1) is 0 Å². The number of piperazine rings is 1. The number of nitrogens with one attached hydrogen (secondary N) is 2. The predicted molar refractivity (Wildman–Crippen MR) is 154 cm³/mol. The van der Waals surface area contributed by atoms with E-state index in [0.717, 1.165) is 28.7 Å². The maximum absolute atomic E-state index is 13.4. The number of likely N-dealkylation sites (N-methyl/N-ethyl adjacent to an activating group) is 1. The van der Waals surface area contributed by atoms with Crippen molar-refractivity contribution in [3.8, 4) is 0 Å². The van der Waals surface area contributed by atoms with Gasteiger partial charge in [0.25, 0.3) is 21.8 Å². The zero-order valence-electron chi connectivity index (χ0n) is 22.2. The van der Waals surface area contributed by atoms with E-state index in [9.17, 15) is 18.0 Å². The Labute approximate surface area is 233 Å². The number of H-pyrrole nitrogens is 1. The fraction of sp³-hybridized carbons (Fsp3) is 0.286. The van der Waals surface area contributed by atoms with E-state index in [2.05, 4.69) is 15.2 Å². The van der Waals surface area contributed by atoms with E-state index in [0.29, 0.717) is 51.9 Å². The molecule has 2 aliphatic rings.